The van der Waals surface area contributed by atoms with Crippen molar-refractivity contribution in [1.29, 1.82) is 0 Å². The molecule has 3 nitrogen and oxygen atoms in total. The van der Waals surface area contributed by atoms with E-state index in [9.17, 15) is 4.79 Å². The second-order valence-electron chi connectivity index (χ2n) is 6.16. The first-order valence-corrected chi connectivity index (χ1v) is 8.50. The summed E-state index contributed by atoms with van der Waals surface area (Å²) in [5.74, 6) is 0. The molecule has 120 valence electrons. The molecule has 0 spiro atoms. The van der Waals surface area contributed by atoms with Crippen molar-refractivity contribution in [2.75, 3.05) is 5.32 Å². The number of aryl methyl sites for hydroxylation is 2. The monoisotopic (exact) mass is 308 g/mol. The Balaban J connectivity index is 1.68. The molecule has 2 N–H and O–H groups in total. The number of nitrogens with one attached hydrogen (secondary N) is 2. The maximum atomic E-state index is 12.2. The van der Waals surface area contributed by atoms with Gasteiger partial charge in [0.1, 0.15) is 0 Å². The molecule has 1 aliphatic rings. The fourth-order valence-electron chi connectivity index (χ4n) is 3.24. The lowest BCUT2D eigenvalue weighted by Crippen LogP contribution is -2.32. The summed E-state index contributed by atoms with van der Waals surface area (Å²) in [5, 5.41) is 5.98. The van der Waals surface area contributed by atoms with Crippen LogP contribution in [0.2, 0.25) is 0 Å². The summed E-state index contributed by atoms with van der Waals surface area (Å²) in [4.78, 5) is 12.2. The molecule has 1 atom stereocenters. The van der Waals surface area contributed by atoms with Crippen LogP contribution in [0.25, 0.3) is 0 Å². The van der Waals surface area contributed by atoms with Crippen LogP contribution >= 0.6 is 0 Å². The second kappa shape index (κ2) is 7.32. The van der Waals surface area contributed by atoms with Crippen LogP contribution in [0.1, 0.15) is 48.9 Å². The van der Waals surface area contributed by atoms with E-state index in [0.717, 1.165) is 18.5 Å². The summed E-state index contributed by atoms with van der Waals surface area (Å²) in [6.07, 6.45) is 5.79. The highest BCUT2D eigenvalue weighted by Gasteiger charge is 2.16. The average molecular weight is 308 g/mol. The Morgan fingerprint density at radius 1 is 1.04 bits per heavy atom. The number of hydrogen-bond donors (Lipinski definition) is 2. The number of amides is 2. The smallest absolute Gasteiger partial charge is 0.319 e. The summed E-state index contributed by atoms with van der Waals surface area (Å²) in [5.41, 5.74) is 4.95. The van der Waals surface area contributed by atoms with Crippen molar-refractivity contribution in [3.8, 4) is 0 Å². The first kappa shape index (κ1) is 15.6. The van der Waals surface area contributed by atoms with E-state index in [0.29, 0.717) is 0 Å². The number of para-hydroxylation sites is 1. The summed E-state index contributed by atoms with van der Waals surface area (Å²) in [6.45, 7) is 2.10. The molecule has 1 aliphatic carbocycles. The van der Waals surface area contributed by atoms with E-state index >= 15 is 0 Å². The molecule has 23 heavy (non-hydrogen) atoms. The molecule has 2 aromatic carbocycles. The van der Waals surface area contributed by atoms with Crippen LogP contribution < -0.4 is 10.6 Å². The van der Waals surface area contributed by atoms with Gasteiger partial charge in [-0.15, -0.1) is 0 Å². The third-order valence-electron chi connectivity index (χ3n) is 4.52. The molecule has 3 heteroatoms. The third-order valence-corrected chi connectivity index (χ3v) is 4.52. The molecule has 3 rings (SSSR count). The van der Waals surface area contributed by atoms with Crippen molar-refractivity contribution >= 4 is 11.7 Å². The highest BCUT2D eigenvalue weighted by atomic mass is 16.2. The van der Waals surface area contributed by atoms with Gasteiger partial charge in [-0.2, -0.15) is 0 Å². The zero-order chi connectivity index (χ0) is 16.1. The minimum absolute atomic E-state index is 0.0472. The molecule has 0 saturated heterocycles. The lowest BCUT2D eigenvalue weighted by Gasteiger charge is -2.22. The third kappa shape index (κ3) is 3.92. The molecule has 0 bridgehead atoms. The highest BCUT2D eigenvalue weighted by Crippen LogP contribution is 2.26. The number of carbonyl (C=O) groups is 1. The maximum Gasteiger partial charge on any atom is 0.319 e. The zero-order valence-corrected chi connectivity index (χ0v) is 13.6. The van der Waals surface area contributed by atoms with E-state index in [4.69, 9.17) is 0 Å². The summed E-state index contributed by atoms with van der Waals surface area (Å²) in [6, 6.07) is 16.1. The lowest BCUT2D eigenvalue weighted by molar-refractivity contribution is 0.248. The quantitative estimate of drug-likeness (QED) is 0.834. The average Bonchev–Trinajstić information content (AvgIpc) is 2.60. The van der Waals surface area contributed by atoms with E-state index in [2.05, 4.69) is 35.8 Å². The first-order valence-electron chi connectivity index (χ1n) is 8.50. The summed E-state index contributed by atoms with van der Waals surface area (Å²) < 4.78 is 0. The van der Waals surface area contributed by atoms with Crippen LogP contribution in [0.4, 0.5) is 10.5 Å². The minimum atomic E-state index is -0.152. The Labute approximate surface area is 138 Å². The molecular formula is C20H24N2O. The van der Waals surface area contributed by atoms with Crippen molar-refractivity contribution in [2.45, 2.75) is 45.1 Å². The van der Waals surface area contributed by atoms with Gasteiger partial charge in [-0.3, -0.25) is 0 Å². The number of hydrogen-bond acceptors (Lipinski definition) is 1. The largest absolute Gasteiger partial charge is 0.331 e. The first-order chi connectivity index (χ1) is 11.3. The van der Waals surface area contributed by atoms with Crippen LogP contribution in [0.5, 0.6) is 0 Å². The second-order valence-corrected chi connectivity index (χ2v) is 6.16. The minimum Gasteiger partial charge on any atom is -0.331 e. The Bertz CT molecular complexity index is 667. The van der Waals surface area contributed by atoms with Crippen molar-refractivity contribution in [3.05, 3.63) is 65.2 Å². The highest BCUT2D eigenvalue weighted by molar-refractivity contribution is 5.89. The van der Waals surface area contributed by atoms with E-state index < -0.39 is 0 Å². The van der Waals surface area contributed by atoms with Gasteiger partial charge in [0.15, 0.2) is 0 Å². The topological polar surface area (TPSA) is 41.1 Å². The van der Waals surface area contributed by atoms with E-state index in [1.54, 1.807) is 0 Å². The van der Waals surface area contributed by atoms with E-state index in [1.165, 1.54) is 36.0 Å². The van der Waals surface area contributed by atoms with Gasteiger partial charge in [0, 0.05) is 5.69 Å². The van der Waals surface area contributed by atoms with Gasteiger partial charge < -0.3 is 10.6 Å². The van der Waals surface area contributed by atoms with E-state index in [-0.39, 0.29) is 12.1 Å². The fourth-order valence-corrected chi connectivity index (χ4v) is 3.24. The Kier molecular flexibility index (Phi) is 4.96. The normalized spacial score (nSPS) is 14.7. The zero-order valence-electron chi connectivity index (χ0n) is 13.6. The number of carbonyl (C=O) groups excluding carboxylic acids is 1. The Morgan fingerprint density at radius 2 is 1.78 bits per heavy atom. The molecule has 0 heterocycles. The molecule has 2 aromatic rings. The molecule has 0 saturated carbocycles. The molecule has 0 aromatic heterocycles. The number of fused-ring (bicyclic) bond motifs is 1. The summed E-state index contributed by atoms with van der Waals surface area (Å²) in [7, 11) is 0. The summed E-state index contributed by atoms with van der Waals surface area (Å²) >= 11 is 0. The number of rotatable bonds is 4. The standard InChI is InChI=1S/C20H24N2O/c1-2-19(22-20(23)21-18-10-4-3-5-11-18)17-13-12-15-8-6-7-9-16(15)14-17/h3-5,10-14,19H,2,6-9H2,1H3,(H2,21,22,23). The number of anilines is 1. The van der Waals surface area contributed by atoms with Gasteiger partial charge in [-0.1, -0.05) is 43.3 Å². The molecule has 0 fully saturated rings. The van der Waals surface area contributed by atoms with Crippen molar-refractivity contribution in [3.63, 3.8) is 0 Å². The SMILES string of the molecule is CCC(NC(=O)Nc1ccccc1)c1ccc2c(c1)CCCC2. The van der Waals surface area contributed by atoms with Gasteiger partial charge in [-0.05, 0) is 60.9 Å². The molecule has 0 aliphatic heterocycles. The van der Waals surface area contributed by atoms with Crippen LogP contribution in [0.15, 0.2) is 48.5 Å². The van der Waals surface area contributed by atoms with E-state index in [1.807, 2.05) is 30.3 Å². The van der Waals surface area contributed by atoms with Crippen molar-refractivity contribution in [1.82, 2.24) is 5.32 Å². The van der Waals surface area contributed by atoms with Crippen LogP contribution in [-0.4, -0.2) is 6.03 Å². The van der Waals surface area contributed by atoms with Crippen LogP contribution in [0, 0.1) is 0 Å². The predicted molar refractivity (Wildman–Crippen MR) is 94.7 cm³/mol. The molecular weight excluding hydrogens is 284 g/mol. The molecule has 2 amide bonds. The lowest BCUT2D eigenvalue weighted by atomic mass is 9.89. The van der Waals surface area contributed by atoms with Crippen LogP contribution in [-0.2, 0) is 12.8 Å². The Hall–Kier alpha value is -2.29. The van der Waals surface area contributed by atoms with Crippen molar-refractivity contribution in [2.24, 2.45) is 0 Å². The Morgan fingerprint density at radius 3 is 2.52 bits per heavy atom. The van der Waals surface area contributed by atoms with Crippen molar-refractivity contribution < 1.29 is 4.79 Å². The molecule has 1 unspecified atom stereocenters. The number of benzene rings is 2. The fraction of sp³-hybridized carbons (Fsp3) is 0.350. The predicted octanol–water partition coefficient (Wildman–Crippen LogP) is 4.84. The van der Waals surface area contributed by atoms with Gasteiger partial charge in [0.05, 0.1) is 6.04 Å². The molecule has 0 radical (unpaired) electrons. The van der Waals surface area contributed by atoms with Gasteiger partial charge in [-0.25, -0.2) is 4.79 Å². The maximum absolute atomic E-state index is 12.2. The van der Waals surface area contributed by atoms with Gasteiger partial charge in [0.25, 0.3) is 0 Å². The van der Waals surface area contributed by atoms with Gasteiger partial charge in [0.2, 0.25) is 0 Å². The van der Waals surface area contributed by atoms with Gasteiger partial charge >= 0.3 is 6.03 Å². The van der Waals surface area contributed by atoms with Crippen LogP contribution in [0.3, 0.4) is 0 Å². The number of urea groups is 1.